The number of halogens is 1. The first kappa shape index (κ1) is 20.8. The summed E-state index contributed by atoms with van der Waals surface area (Å²) >= 11 is 6.98. The summed E-state index contributed by atoms with van der Waals surface area (Å²) in [5.41, 5.74) is 3.75. The smallest absolute Gasteiger partial charge is 0.156 e. The maximum atomic E-state index is 12.5. The quantitative estimate of drug-likeness (QED) is 0.560. The number of hydrogen-bond donors (Lipinski definition) is 1. The third-order valence-electron chi connectivity index (χ3n) is 10.2. The lowest BCUT2D eigenvalue weighted by Crippen LogP contribution is -2.59. The van der Waals surface area contributed by atoms with Gasteiger partial charge in [-0.1, -0.05) is 55.6 Å². The van der Waals surface area contributed by atoms with E-state index in [4.69, 9.17) is 18.0 Å². The Bertz CT molecular complexity index is 1140. The van der Waals surface area contributed by atoms with Crippen LogP contribution in [0.3, 0.4) is 0 Å². The molecule has 166 valence electrons. The summed E-state index contributed by atoms with van der Waals surface area (Å²) in [5.74, 6) is 4.31. The van der Waals surface area contributed by atoms with Crippen molar-refractivity contribution >= 4 is 17.4 Å². The van der Waals surface area contributed by atoms with Crippen LogP contribution in [0.1, 0.15) is 68.6 Å². The van der Waals surface area contributed by atoms with Crippen LogP contribution in [0.5, 0.6) is 0 Å². The predicted molar refractivity (Wildman–Crippen MR) is 127 cm³/mol. The maximum absolute atomic E-state index is 12.5. The molecule has 0 aliphatic heterocycles. The van der Waals surface area contributed by atoms with Crippen molar-refractivity contribution in [1.82, 2.24) is 0 Å². The number of hydrogen-bond acceptors (Lipinski definition) is 2. The Kier molecular flexibility index (Phi) is 4.29. The fraction of sp³-hybridized carbons (Fsp3) is 0.552. The van der Waals surface area contributed by atoms with Gasteiger partial charge in [-0.2, -0.15) is 0 Å². The first-order chi connectivity index (χ1) is 15.3. The first-order valence-electron chi connectivity index (χ1n) is 12.2. The summed E-state index contributed by atoms with van der Waals surface area (Å²) in [6.45, 7) is 4.42. The van der Waals surface area contributed by atoms with Crippen molar-refractivity contribution in [2.24, 2.45) is 28.6 Å². The Balaban J connectivity index is 1.62. The molecule has 3 heteroatoms. The molecule has 5 aliphatic rings. The molecular weight excluding hydrogens is 416 g/mol. The molecule has 6 rings (SSSR count). The molecule has 1 spiro atoms. The molecule has 2 unspecified atom stereocenters. The van der Waals surface area contributed by atoms with E-state index >= 15 is 0 Å². The molecular formula is C29H31ClO2. The van der Waals surface area contributed by atoms with Gasteiger partial charge in [-0.05, 0) is 90.5 Å². The summed E-state index contributed by atoms with van der Waals surface area (Å²) in [6.07, 6.45) is 16.0. The van der Waals surface area contributed by atoms with Crippen molar-refractivity contribution in [1.29, 1.82) is 0 Å². The Hall–Kier alpha value is -1.82. The van der Waals surface area contributed by atoms with Crippen LogP contribution < -0.4 is 0 Å². The van der Waals surface area contributed by atoms with Gasteiger partial charge in [0.05, 0.1) is 0 Å². The monoisotopic (exact) mass is 446 g/mol. The second kappa shape index (κ2) is 6.62. The number of fused-ring (bicyclic) bond motifs is 4. The number of aliphatic hydroxyl groups is 1. The molecule has 7 atom stereocenters. The number of aryl methyl sites for hydroxylation is 1. The van der Waals surface area contributed by atoms with Gasteiger partial charge < -0.3 is 5.11 Å². The molecule has 0 amide bonds. The van der Waals surface area contributed by atoms with E-state index in [1.807, 2.05) is 6.08 Å². The normalized spacial score (nSPS) is 43.8. The van der Waals surface area contributed by atoms with E-state index < -0.39 is 5.60 Å². The lowest BCUT2D eigenvalue weighted by atomic mass is 9.41. The molecule has 32 heavy (non-hydrogen) atoms. The average Bonchev–Trinajstić information content (AvgIpc) is 3.05. The fourth-order valence-electron chi connectivity index (χ4n) is 8.63. The van der Waals surface area contributed by atoms with Crippen LogP contribution in [-0.2, 0) is 17.6 Å². The summed E-state index contributed by atoms with van der Waals surface area (Å²) in [5, 5.41) is 12.3. The second-order valence-corrected chi connectivity index (χ2v) is 11.6. The first-order valence-corrected chi connectivity index (χ1v) is 12.6. The van der Waals surface area contributed by atoms with Gasteiger partial charge in [-0.3, -0.25) is 4.79 Å². The third kappa shape index (κ3) is 2.40. The molecule has 1 aromatic carbocycles. The van der Waals surface area contributed by atoms with Crippen LogP contribution in [0.4, 0.5) is 0 Å². The Morgan fingerprint density at radius 3 is 2.88 bits per heavy atom. The highest BCUT2D eigenvalue weighted by atomic mass is 35.5. The van der Waals surface area contributed by atoms with E-state index in [1.165, 1.54) is 16.7 Å². The Morgan fingerprint density at radius 1 is 1.31 bits per heavy atom. The molecule has 2 saturated carbocycles. The van der Waals surface area contributed by atoms with Gasteiger partial charge in [-0.15, -0.1) is 6.42 Å². The van der Waals surface area contributed by atoms with Crippen molar-refractivity contribution < 1.29 is 9.90 Å². The van der Waals surface area contributed by atoms with Crippen LogP contribution in [0.25, 0.3) is 0 Å². The standard InChI is InChI=1S/C29H31ClO2/c1-4-17-6-7-20-18(12-17)15-28-10-8-19(31)13-24(28)25(30)14-21-23-9-11-29(32,5-2)27(23,3)16-22(20)26(21)28/h2,6-7,12-14,21-23,26,32H,4,8-11,15-16H2,1,3H3/t21-,22?,23-,26?,27-,28+,29-/m0/s1. The lowest BCUT2D eigenvalue weighted by Gasteiger charge is -2.63. The van der Waals surface area contributed by atoms with Gasteiger partial charge >= 0.3 is 0 Å². The van der Waals surface area contributed by atoms with Gasteiger partial charge in [-0.25, -0.2) is 0 Å². The molecule has 0 bridgehead atoms. The second-order valence-electron chi connectivity index (χ2n) is 11.2. The minimum Gasteiger partial charge on any atom is -0.377 e. The van der Waals surface area contributed by atoms with E-state index in [2.05, 4.69) is 44.0 Å². The molecule has 0 heterocycles. The molecule has 0 radical (unpaired) electrons. The zero-order valence-corrected chi connectivity index (χ0v) is 19.7. The molecule has 2 fully saturated rings. The predicted octanol–water partition coefficient (Wildman–Crippen LogP) is 5.72. The fourth-order valence-corrected chi connectivity index (χ4v) is 9.02. The van der Waals surface area contributed by atoms with Gasteiger partial charge in [0.1, 0.15) is 5.60 Å². The van der Waals surface area contributed by atoms with Crippen molar-refractivity contribution in [2.75, 3.05) is 0 Å². The number of ketones is 1. The zero-order chi connectivity index (χ0) is 22.5. The number of rotatable bonds is 1. The minimum atomic E-state index is -1.07. The SMILES string of the molecule is C#C[C@]1(O)CC[C@H]2[C@@H]3C=C(Cl)C4=CC(=O)CC[C@@]45Cc4cc(CC)ccc4C(C[C@@]21C)C35. The lowest BCUT2D eigenvalue weighted by molar-refractivity contribution is -0.119. The van der Waals surface area contributed by atoms with Crippen molar-refractivity contribution in [3.63, 3.8) is 0 Å². The highest BCUT2D eigenvalue weighted by molar-refractivity contribution is 6.32. The largest absolute Gasteiger partial charge is 0.377 e. The van der Waals surface area contributed by atoms with Crippen LogP contribution in [0, 0.1) is 40.9 Å². The van der Waals surface area contributed by atoms with E-state index in [-0.39, 0.29) is 22.5 Å². The van der Waals surface area contributed by atoms with E-state index in [0.717, 1.165) is 42.7 Å². The minimum absolute atomic E-state index is 0.0907. The van der Waals surface area contributed by atoms with E-state index in [0.29, 0.717) is 30.6 Å². The zero-order valence-electron chi connectivity index (χ0n) is 19.0. The summed E-state index contributed by atoms with van der Waals surface area (Å²) < 4.78 is 0. The van der Waals surface area contributed by atoms with Crippen molar-refractivity contribution in [3.8, 4) is 12.3 Å². The molecule has 1 N–H and O–H groups in total. The summed E-state index contributed by atoms with van der Waals surface area (Å²) in [4.78, 5) is 12.5. The number of terminal acetylenes is 1. The number of carbonyl (C=O) groups is 1. The highest BCUT2D eigenvalue weighted by Gasteiger charge is 2.68. The van der Waals surface area contributed by atoms with Gasteiger partial charge in [0.25, 0.3) is 0 Å². The van der Waals surface area contributed by atoms with Crippen LogP contribution in [0.2, 0.25) is 0 Å². The highest BCUT2D eigenvalue weighted by Crippen LogP contribution is 2.72. The molecule has 0 aromatic heterocycles. The number of allylic oxidation sites excluding steroid dienone is 4. The van der Waals surface area contributed by atoms with Crippen LogP contribution in [-0.4, -0.2) is 16.5 Å². The Labute approximate surface area is 196 Å². The molecule has 1 aromatic rings. The van der Waals surface area contributed by atoms with E-state index in [1.54, 1.807) is 0 Å². The summed E-state index contributed by atoms with van der Waals surface area (Å²) in [7, 11) is 0. The van der Waals surface area contributed by atoms with Crippen molar-refractivity contribution in [2.45, 2.75) is 70.3 Å². The Morgan fingerprint density at radius 2 is 2.12 bits per heavy atom. The molecule has 0 saturated heterocycles. The number of carbonyl (C=O) groups excluding carboxylic acids is 1. The van der Waals surface area contributed by atoms with Gasteiger partial charge in [0.15, 0.2) is 5.78 Å². The topological polar surface area (TPSA) is 37.3 Å². The average molecular weight is 447 g/mol. The molecule has 5 aliphatic carbocycles. The van der Waals surface area contributed by atoms with Gasteiger partial charge in [0, 0.05) is 22.3 Å². The van der Waals surface area contributed by atoms with Gasteiger partial charge in [0.2, 0.25) is 0 Å². The van der Waals surface area contributed by atoms with Crippen LogP contribution in [0.15, 0.2) is 41.0 Å². The number of benzene rings is 1. The third-order valence-corrected chi connectivity index (χ3v) is 10.5. The van der Waals surface area contributed by atoms with E-state index in [9.17, 15) is 9.90 Å². The summed E-state index contributed by atoms with van der Waals surface area (Å²) in [6, 6.07) is 6.99. The van der Waals surface area contributed by atoms with Crippen molar-refractivity contribution in [3.05, 3.63) is 57.6 Å². The maximum Gasteiger partial charge on any atom is 0.156 e. The molecule has 2 nitrogen and oxygen atoms in total. The van der Waals surface area contributed by atoms with Crippen LogP contribution >= 0.6 is 11.6 Å².